The third kappa shape index (κ3) is 63.9. The second kappa shape index (κ2) is 62.5. The Balaban J connectivity index is 4.15. The second-order valence-corrected chi connectivity index (χ2v) is 23.8. The van der Waals surface area contributed by atoms with Crippen LogP contribution < -0.4 is 0 Å². The van der Waals surface area contributed by atoms with Crippen molar-refractivity contribution in [3.63, 3.8) is 0 Å². The summed E-state index contributed by atoms with van der Waals surface area (Å²) in [6.07, 6.45) is 81.1. The predicted octanol–water partition coefficient (Wildman–Crippen LogP) is 20.7. The van der Waals surface area contributed by atoms with Gasteiger partial charge in [0.15, 0.2) is 6.10 Å². The lowest BCUT2D eigenvalue weighted by Gasteiger charge is -2.25. The van der Waals surface area contributed by atoms with Gasteiger partial charge in [0.2, 0.25) is 0 Å². The molecule has 0 radical (unpaired) electrons. The van der Waals surface area contributed by atoms with E-state index in [9.17, 15) is 19.5 Å². The molecule has 2 atom stereocenters. The van der Waals surface area contributed by atoms with E-state index in [1.165, 1.54) is 173 Å². The summed E-state index contributed by atoms with van der Waals surface area (Å²) in [4.78, 5) is 37.6. The number of hydrogen-bond donors (Lipinski definition) is 1. The number of carbonyl (C=O) groups is 3. The molecule has 0 aromatic carbocycles. The summed E-state index contributed by atoms with van der Waals surface area (Å²) in [7, 11) is 5.98. The van der Waals surface area contributed by atoms with Crippen LogP contribution >= 0.6 is 0 Å². The molecule has 2 unspecified atom stereocenters. The maximum Gasteiger partial charge on any atom is 0.361 e. The van der Waals surface area contributed by atoms with Gasteiger partial charge in [-0.05, 0) is 70.6 Å². The van der Waals surface area contributed by atoms with E-state index in [-0.39, 0.29) is 32.2 Å². The van der Waals surface area contributed by atoms with Gasteiger partial charge in [0.1, 0.15) is 13.2 Å². The first kappa shape index (κ1) is 77.5. The molecular formula is C72H128NO8+. The SMILES string of the molecule is CC/C=C\C/C=C\C/C=C\C/C=C\C/C=C\C/C=C\C/C=C\CCCCCCCCCCCCCC(=O)OC(COC(=O)CCCCCCCCCCCCCCCCCCCCCCCCC)COC(OCC[N+](C)(C)C)C(=O)O. The molecule has 0 aliphatic carbocycles. The van der Waals surface area contributed by atoms with Crippen LogP contribution in [0, 0.1) is 0 Å². The van der Waals surface area contributed by atoms with Gasteiger partial charge in [-0.25, -0.2) is 4.79 Å². The first-order valence-electron chi connectivity index (χ1n) is 33.8. The minimum absolute atomic E-state index is 0.183. The Bertz CT molecular complexity index is 1600. The van der Waals surface area contributed by atoms with Crippen LogP contribution in [0.4, 0.5) is 0 Å². The number of ether oxygens (including phenoxy) is 4. The molecule has 0 aliphatic rings. The van der Waals surface area contributed by atoms with Gasteiger partial charge >= 0.3 is 17.9 Å². The van der Waals surface area contributed by atoms with E-state index in [0.29, 0.717) is 23.9 Å². The maximum absolute atomic E-state index is 12.9. The molecular weight excluding hydrogens is 1010 g/mol. The van der Waals surface area contributed by atoms with Crippen molar-refractivity contribution in [3.8, 4) is 0 Å². The average molecular weight is 1140 g/mol. The zero-order valence-electron chi connectivity index (χ0n) is 53.4. The fourth-order valence-electron chi connectivity index (χ4n) is 9.53. The summed E-state index contributed by atoms with van der Waals surface area (Å²) >= 11 is 0. The summed E-state index contributed by atoms with van der Waals surface area (Å²) in [5, 5.41) is 9.74. The van der Waals surface area contributed by atoms with Gasteiger partial charge < -0.3 is 28.5 Å². The summed E-state index contributed by atoms with van der Waals surface area (Å²) < 4.78 is 23.0. The molecule has 9 nitrogen and oxygen atoms in total. The number of rotatable bonds is 62. The lowest BCUT2D eigenvalue weighted by molar-refractivity contribution is -0.870. The van der Waals surface area contributed by atoms with Crippen LogP contribution in [-0.4, -0.2) is 87.4 Å². The predicted molar refractivity (Wildman–Crippen MR) is 346 cm³/mol. The fourth-order valence-corrected chi connectivity index (χ4v) is 9.53. The Labute approximate surface area is 500 Å². The molecule has 0 heterocycles. The van der Waals surface area contributed by atoms with Crippen LogP contribution in [0.15, 0.2) is 85.1 Å². The minimum atomic E-state index is -1.51. The summed E-state index contributed by atoms with van der Waals surface area (Å²) in [6.45, 7) is 4.80. The lowest BCUT2D eigenvalue weighted by atomic mass is 10.0. The van der Waals surface area contributed by atoms with E-state index in [1.807, 2.05) is 21.1 Å². The molecule has 0 aliphatic heterocycles. The molecule has 0 fully saturated rings. The van der Waals surface area contributed by atoms with Crippen molar-refractivity contribution < 1.29 is 42.9 Å². The summed E-state index contributed by atoms with van der Waals surface area (Å²) in [6, 6.07) is 0. The van der Waals surface area contributed by atoms with Gasteiger partial charge in [-0.2, -0.15) is 0 Å². The van der Waals surface area contributed by atoms with Crippen LogP contribution in [0.2, 0.25) is 0 Å². The Hall–Kier alpha value is -3.53. The van der Waals surface area contributed by atoms with Crippen LogP contribution in [0.5, 0.6) is 0 Å². The van der Waals surface area contributed by atoms with E-state index in [4.69, 9.17) is 18.9 Å². The van der Waals surface area contributed by atoms with Gasteiger partial charge in [-0.1, -0.05) is 298 Å². The Morgan fingerprint density at radius 2 is 0.704 bits per heavy atom. The van der Waals surface area contributed by atoms with Crippen molar-refractivity contribution in [2.75, 3.05) is 47.5 Å². The van der Waals surface area contributed by atoms with Crippen molar-refractivity contribution in [1.82, 2.24) is 0 Å². The summed E-state index contributed by atoms with van der Waals surface area (Å²) in [5.41, 5.74) is 0. The third-order valence-corrected chi connectivity index (χ3v) is 14.7. The first-order valence-corrected chi connectivity index (χ1v) is 33.8. The Kier molecular flexibility index (Phi) is 59.8. The number of quaternary nitrogens is 1. The maximum atomic E-state index is 12.9. The monoisotopic (exact) mass is 1130 g/mol. The molecule has 0 rings (SSSR count). The van der Waals surface area contributed by atoms with Crippen LogP contribution in [0.25, 0.3) is 0 Å². The van der Waals surface area contributed by atoms with Gasteiger partial charge in [0.25, 0.3) is 6.29 Å². The van der Waals surface area contributed by atoms with E-state index in [0.717, 1.165) is 89.9 Å². The van der Waals surface area contributed by atoms with E-state index in [1.54, 1.807) is 0 Å². The average Bonchev–Trinajstić information content (AvgIpc) is 3.44. The highest BCUT2D eigenvalue weighted by atomic mass is 16.7. The number of esters is 2. The van der Waals surface area contributed by atoms with Crippen molar-refractivity contribution in [2.45, 2.75) is 309 Å². The largest absolute Gasteiger partial charge is 0.477 e. The number of carbonyl (C=O) groups excluding carboxylic acids is 2. The van der Waals surface area contributed by atoms with E-state index >= 15 is 0 Å². The number of likely N-dealkylation sites (N-methyl/N-ethyl adjacent to an activating group) is 1. The molecule has 0 aromatic rings. The summed E-state index contributed by atoms with van der Waals surface area (Å²) in [5.74, 6) is -2.00. The van der Waals surface area contributed by atoms with Crippen LogP contribution in [0.3, 0.4) is 0 Å². The highest BCUT2D eigenvalue weighted by Crippen LogP contribution is 2.18. The van der Waals surface area contributed by atoms with Crippen molar-refractivity contribution >= 4 is 17.9 Å². The smallest absolute Gasteiger partial charge is 0.361 e. The van der Waals surface area contributed by atoms with Crippen LogP contribution in [0.1, 0.15) is 296 Å². The number of allylic oxidation sites excluding steroid dienone is 14. The number of carboxylic acid groups (broad SMARTS) is 1. The minimum Gasteiger partial charge on any atom is -0.477 e. The molecule has 468 valence electrons. The zero-order valence-corrected chi connectivity index (χ0v) is 53.4. The van der Waals surface area contributed by atoms with Crippen molar-refractivity contribution in [1.29, 1.82) is 0 Å². The van der Waals surface area contributed by atoms with Crippen LogP contribution in [-0.2, 0) is 33.3 Å². The standard InChI is InChI=1S/C72H127NO8/c1-6-8-10-12-14-16-18-20-22-24-26-28-30-31-32-33-34-35-36-37-38-39-41-43-45-47-49-51-53-55-57-59-61-63-70(75)81-68(67-80-72(71(76)77)78-65-64-73(3,4)5)66-79-69(74)62-60-58-56-54-52-50-48-46-44-42-40-29-27-25-23-21-19-17-15-13-11-9-7-2/h8,10,14,16,20,22,26,28,31-32,34-35,37-38,68,72H,6-7,9,11-13,15,17-19,21,23-25,27,29-30,33,36,39-67H2,1-5H3/p+1/b10-8-,16-14-,22-20-,28-26-,32-31-,35-34-,38-37-. The molecule has 0 amide bonds. The quantitative estimate of drug-likeness (QED) is 0.0211. The van der Waals surface area contributed by atoms with E-state index in [2.05, 4.69) is 98.9 Å². The second-order valence-electron chi connectivity index (χ2n) is 23.8. The van der Waals surface area contributed by atoms with Gasteiger partial charge in [-0.15, -0.1) is 0 Å². The first-order chi connectivity index (χ1) is 39.6. The van der Waals surface area contributed by atoms with Gasteiger partial charge in [-0.3, -0.25) is 9.59 Å². The Morgan fingerprint density at radius 3 is 1.05 bits per heavy atom. The van der Waals surface area contributed by atoms with E-state index < -0.39 is 24.3 Å². The number of unbranched alkanes of at least 4 members (excludes halogenated alkanes) is 33. The number of carboxylic acids is 1. The molecule has 0 saturated heterocycles. The highest BCUT2D eigenvalue weighted by Gasteiger charge is 2.25. The highest BCUT2D eigenvalue weighted by molar-refractivity contribution is 5.71. The van der Waals surface area contributed by atoms with Crippen molar-refractivity contribution in [2.24, 2.45) is 0 Å². The van der Waals surface area contributed by atoms with Crippen molar-refractivity contribution in [3.05, 3.63) is 85.1 Å². The Morgan fingerprint density at radius 1 is 0.383 bits per heavy atom. The molecule has 81 heavy (non-hydrogen) atoms. The van der Waals surface area contributed by atoms with Gasteiger partial charge in [0.05, 0.1) is 34.4 Å². The van der Waals surface area contributed by atoms with Gasteiger partial charge in [0, 0.05) is 12.8 Å². The topological polar surface area (TPSA) is 108 Å². The molecule has 9 heteroatoms. The normalized spacial score (nSPS) is 13.2. The third-order valence-electron chi connectivity index (χ3n) is 14.7. The number of hydrogen-bond acceptors (Lipinski definition) is 7. The molecule has 1 N–H and O–H groups in total. The lowest BCUT2D eigenvalue weighted by Crippen LogP contribution is -2.40. The molecule has 0 saturated carbocycles. The zero-order chi connectivity index (χ0) is 59.1. The molecule has 0 bridgehead atoms. The molecule has 0 spiro atoms. The fraction of sp³-hybridized carbons (Fsp3) is 0.764. The number of nitrogens with zero attached hydrogens (tertiary/aromatic N) is 1. The number of aliphatic carboxylic acids is 1. The molecule has 0 aromatic heterocycles.